The number of hydrogen-bond donors (Lipinski definition) is 1. The van der Waals surface area contributed by atoms with Gasteiger partial charge in [0.1, 0.15) is 17.5 Å². The van der Waals surface area contributed by atoms with Crippen molar-refractivity contribution in [2.24, 2.45) is 0 Å². The van der Waals surface area contributed by atoms with Crippen LogP contribution in [0.15, 0.2) is 78.9 Å². The summed E-state index contributed by atoms with van der Waals surface area (Å²) in [5, 5.41) is 3.27. The number of hydrogen-bond acceptors (Lipinski definition) is 4. The molecule has 1 saturated carbocycles. The highest BCUT2D eigenvalue weighted by Crippen LogP contribution is 2.21. The zero-order chi connectivity index (χ0) is 26.7. The van der Waals surface area contributed by atoms with Gasteiger partial charge in [0, 0.05) is 19.0 Å². The standard InChI is InChI=1S/C32H38N2O4/c1-24-10-9-13-26(20-24)22-34(31(35)23-38-29-18-16-28(37-2)17-19-29)30(21-25-11-5-3-6-12-25)32(36)33-27-14-7-4-8-15-27/h3,5-6,9-13,16-20,27,30H,4,7-8,14-15,21-23H2,1-2H3,(H,33,36)/t30-/m0/s1. The molecular formula is C32H38N2O4. The summed E-state index contributed by atoms with van der Waals surface area (Å²) in [6.07, 6.45) is 5.85. The molecule has 1 atom stereocenters. The second-order valence-electron chi connectivity index (χ2n) is 10.0. The summed E-state index contributed by atoms with van der Waals surface area (Å²) < 4.78 is 11.1. The number of methoxy groups -OCH3 is 1. The molecule has 0 radical (unpaired) electrons. The summed E-state index contributed by atoms with van der Waals surface area (Å²) in [6, 6.07) is 24.6. The minimum atomic E-state index is -0.660. The van der Waals surface area contributed by atoms with Gasteiger partial charge >= 0.3 is 0 Å². The van der Waals surface area contributed by atoms with E-state index in [1.165, 1.54) is 6.42 Å². The number of nitrogens with zero attached hydrogens (tertiary/aromatic N) is 1. The summed E-state index contributed by atoms with van der Waals surface area (Å²) in [5.41, 5.74) is 3.09. The van der Waals surface area contributed by atoms with E-state index in [0.29, 0.717) is 24.5 Å². The van der Waals surface area contributed by atoms with Crippen molar-refractivity contribution in [1.82, 2.24) is 10.2 Å². The summed E-state index contributed by atoms with van der Waals surface area (Å²) in [4.78, 5) is 29.2. The third kappa shape index (κ3) is 7.85. The monoisotopic (exact) mass is 514 g/mol. The maximum absolute atomic E-state index is 13.8. The molecule has 3 aromatic carbocycles. The van der Waals surface area contributed by atoms with E-state index >= 15 is 0 Å². The van der Waals surface area contributed by atoms with Crippen LogP contribution in [0.5, 0.6) is 11.5 Å². The minimum absolute atomic E-state index is 0.105. The Bertz CT molecular complexity index is 1170. The Hall–Kier alpha value is -3.80. The molecule has 0 saturated heterocycles. The van der Waals surface area contributed by atoms with Crippen LogP contribution < -0.4 is 14.8 Å². The van der Waals surface area contributed by atoms with Gasteiger partial charge in [-0.1, -0.05) is 79.4 Å². The molecular weight excluding hydrogens is 476 g/mol. The number of ether oxygens (including phenoxy) is 2. The molecule has 1 aliphatic rings. The lowest BCUT2D eigenvalue weighted by molar-refractivity contribution is -0.143. The van der Waals surface area contributed by atoms with Gasteiger partial charge in [-0.25, -0.2) is 0 Å². The molecule has 4 rings (SSSR count). The number of carbonyl (C=O) groups is 2. The molecule has 1 aliphatic carbocycles. The summed E-state index contributed by atoms with van der Waals surface area (Å²) in [6.45, 7) is 2.18. The van der Waals surface area contributed by atoms with Crippen LogP contribution in [-0.4, -0.2) is 42.5 Å². The molecule has 1 fully saturated rings. The number of aryl methyl sites for hydroxylation is 1. The molecule has 0 aromatic heterocycles. The first kappa shape index (κ1) is 27.2. The minimum Gasteiger partial charge on any atom is -0.497 e. The molecule has 0 spiro atoms. The van der Waals surface area contributed by atoms with Crippen molar-refractivity contribution in [2.45, 2.75) is 64.1 Å². The van der Waals surface area contributed by atoms with E-state index < -0.39 is 6.04 Å². The van der Waals surface area contributed by atoms with Crippen LogP contribution in [-0.2, 0) is 22.6 Å². The van der Waals surface area contributed by atoms with Gasteiger partial charge in [-0.05, 0) is 55.2 Å². The van der Waals surface area contributed by atoms with Crippen LogP contribution in [0.3, 0.4) is 0 Å². The van der Waals surface area contributed by atoms with E-state index in [1.807, 2.05) is 55.5 Å². The van der Waals surface area contributed by atoms with Crippen LogP contribution in [0.4, 0.5) is 0 Å². The molecule has 0 aliphatic heterocycles. The molecule has 2 amide bonds. The fourth-order valence-electron chi connectivity index (χ4n) is 5.01. The molecule has 6 heteroatoms. The number of rotatable bonds is 11. The highest BCUT2D eigenvalue weighted by Gasteiger charge is 2.32. The average molecular weight is 515 g/mol. The van der Waals surface area contributed by atoms with E-state index in [-0.39, 0.29) is 24.5 Å². The van der Waals surface area contributed by atoms with Gasteiger partial charge in [0.15, 0.2) is 6.61 Å². The second kappa shape index (κ2) is 13.7. The van der Waals surface area contributed by atoms with Gasteiger partial charge in [-0.2, -0.15) is 0 Å². The number of nitrogens with one attached hydrogen (secondary N) is 1. The number of benzene rings is 3. The van der Waals surface area contributed by atoms with E-state index in [0.717, 1.165) is 42.4 Å². The lowest BCUT2D eigenvalue weighted by atomic mass is 9.94. The molecule has 0 unspecified atom stereocenters. The highest BCUT2D eigenvalue weighted by atomic mass is 16.5. The predicted molar refractivity (Wildman–Crippen MR) is 149 cm³/mol. The number of amides is 2. The van der Waals surface area contributed by atoms with Gasteiger partial charge < -0.3 is 19.7 Å². The van der Waals surface area contributed by atoms with Crippen LogP contribution in [0.2, 0.25) is 0 Å². The SMILES string of the molecule is COc1ccc(OCC(=O)N(Cc2cccc(C)c2)[C@@H](Cc2ccccc2)C(=O)NC2CCCCC2)cc1. The summed E-state index contributed by atoms with van der Waals surface area (Å²) in [7, 11) is 1.60. The fraction of sp³-hybridized carbons (Fsp3) is 0.375. The fourth-order valence-corrected chi connectivity index (χ4v) is 5.01. The molecule has 0 heterocycles. The normalized spacial score (nSPS) is 14.4. The second-order valence-corrected chi connectivity index (χ2v) is 10.0. The largest absolute Gasteiger partial charge is 0.497 e. The van der Waals surface area contributed by atoms with Gasteiger partial charge in [0.25, 0.3) is 5.91 Å². The van der Waals surface area contributed by atoms with Crippen LogP contribution in [0.25, 0.3) is 0 Å². The first-order valence-corrected chi connectivity index (χ1v) is 13.5. The van der Waals surface area contributed by atoms with Crippen molar-refractivity contribution < 1.29 is 19.1 Å². The Morgan fingerprint density at radius 3 is 2.26 bits per heavy atom. The first-order chi connectivity index (χ1) is 18.5. The topological polar surface area (TPSA) is 67.9 Å². The van der Waals surface area contributed by atoms with Gasteiger partial charge in [-0.15, -0.1) is 0 Å². The third-order valence-corrected chi connectivity index (χ3v) is 7.08. The third-order valence-electron chi connectivity index (χ3n) is 7.08. The molecule has 38 heavy (non-hydrogen) atoms. The Morgan fingerprint density at radius 2 is 1.58 bits per heavy atom. The maximum atomic E-state index is 13.8. The van der Waals surface area contributed by atoms with Gasteiger partial charge in [0.2, 0.25) is 5.91 Å². The smallest absolute Gasteiger partial charge is 0.261 e. The maximum Gasteiger partial charge on any atom is 0.261 e. The Kier molecular flexibility index (Phi) is 9.79. The summed E-state index contributed by atoms with van der Waals surface area (Å²) >= 11 is 0. The Balaban J connectivity index is 1.59. The number of carbonyl (C=O) groups excluding carboxylic acids is 2. The quantitative estimate of drug-likeness (QED) is 0.368. The lowest BCUT2D eigenvalue weighted by Crippen LogP contribution is -2.53. The Morgan fingerprint density at radius 1 is 0.895 bits per heavy atom. The lowest BCUT2D eigenvalue weighted by Gasteiger charge is -2.33. The van der Waals surface area contributed by atoms with Crippen molar-refractivity contribution in [2.75, 3.05) is 13.7 Å². The van der Waals surface area contributed by atoms with Gasteiger partial charge in [0.05, 0.1) is 7.11 Å². The summed E-state index contributed by atoms with van der Waals surface area (Å²) in [5.74, 6) is 0.946. The van der Waals surface area contributed by atoms with Crippen molar-refractivity contribution >= 4 is 11.8 Å². The first-order valence-electron chi connectivity index (χ1n) is 13.5. The molecule has 3 aromatic rings. The van der Waals surface area contributed by atoms with Gasteiger partial charge in [-0.3, -0.25) is 9.59 Å². The van der Waals surface area contributed by atoms with Crippen LogP contribution in [0, 0.1) is 6.92 Å². The van der Waals surface area contributed by atoms with Crippen molar-refractivity contribution in [3.05, 3.63) is 95.6 Å². The van der Waals surface area contributed by atoms with E-state index in [4.69, 9.17) is 9.47 Å². The molecule has 0 bridgehead atoms. The predicted octanol–water partition coefficient (Wildman–Crippen LogP) is 5.47. The van der Waals surface area contributed by atoms with Crippen molar-refractivity contribution in [3.63, 3.8) is 0 Å². The van der Waals surface area contributed by atoms with E-state index in [1.54, 1.807) is 36.3 Å². The molecule has 200 valence electrons. The van der Waals surface area contributed by atoms with Crippen LogP contribution in [0.1, 0.15) is 48.8 Å². The zero-order valence-electron chi connectivity index (χ0n) is 22.4. The highest BCUT2D eigenvalue weighted by molar-refractivity contribution is 5.88. The van der Waals surface area contributed by atoms with Crippen molar-refractivity contribution in [3.8, 4) is 11.5 Å². The molecule has 6 nitrogen and oxygen atoms in total. The van der Waals surface area contributed by atoms with Crippen LogP contribution >= 0.6 is 0 Å². The molecule has 1 N–H and O–H groups in total. The van der Waals surface area contributed by atoms with Crippen molar-refractivity contribution in [1.29, 1.82) is 0 Å². The Labute approximate surface area is 226 Å². The van der Waals surface area contributed by atoms with E-state index in [9.17, 15) is 9.59 Å². The zero-order valence-corrected chi connectivity index (χ0v) is 22.4. The average Bonchev–Trinajstić information content (AvgIpc) is 2.95. The van der Waals surface area contributed by atoms with E-state index in [2.05, 4.69) is 11.4 Å².